The Hall–Kier alpha value is -1.28. The van der Waals surface area contributed by atoms with Crippen molar-refractivity contribution in [3.05, 3.63) is 18.2 Å². The van der Waals surface area contributed by atoms with Crippen LogP contribution in [0.5, 0.6) is 11.5 Å². The van der Waals surface area contributed by atoms with Gasteiger partial charge in [-0.2, -0.15) is 0 Å². The van der Waals surface area contributed by atoms with Crippen molar-refractivity contribution >= 4 is 21.1 Å². The number of amides is 1. The summed E-state index contributed by atoms with van der Waals surface area (Å²) < 4.78 is 10.2. The number of fused-ring (bicyclic) bond motifs is 1. The highest BCUT2D eigenvalue weighted by Crippen LogP contribution is 2.37. The number of anilines is 1. The van der Waals surface area contributed by atoms with Crippen LogP contribution in [0.2, 0.25) is 0 Å². The molecule has 0 aromatic heterocycles. The van der Waals surface area contributed by atoms with Crippen LogP contribution in [0.1, 0.15) is 1.43 Å². The van der Waals surface area contributed by atoms with Gasteiger partial charge in [0.15, 0.2) is 18.1 Å². The maximum absolute atomic E-state index is 10.9. The molecule has 0 radical (unpaired) electrons. The number of carbonyl (C=O) groups is 1. The number of hydrogen-bond acceptors (Lipinski definition) is 3. The molecule has 0 spiro atoms. The van der Waals surface area contributed by atoms with E-state index in [0.29, 0.717) is 17.2 Å². The molecule has 2 rings (SSSR count). The van der Waals surface area contributed by atoms with Gasteiger partial charge in [0.25, 0.3) is 5.91 Å². The first-order valence-corrected chi connectivity index (χ1v) is 4.21. The number of carbonyl (C=O) groups excluding carboxylic acids is 1. The second-order valence-corrected chi connectivity index (χ2v) is 2.82. The topological polar surface area (TPSA) is 47.6 Å². The Morgan fingerprint density at radius 1 is 1.62 bits per heavy atom. The van der Waals surface area contributed by atoms with Crippen LogP contribution in [0.4, 0.5) is 5.69 Å². The first kappa shape index (κ1) is 8.32. The number of para-hydroxylation sites is 1. The van der Waals surface area contributed by atoms with Crippen LogP contribution in [0, 0.1) is 0 Å². The molecule has 1 atom stereocenters. The quantitative estimate of drug-likeness (QED) is 0.699. The first-order chi connectivity index (χ1) is 6.31. The van der Waals surface area contributed by atoms with Crippen molar-refractivity contribution in [3.8, 4) is 11.5 Å². The number of benzene rings is 1. The van der Waals surface area contributed by atoms with E-state index in [-0.39, 0.29) is 13.9 Å². The van der Waals surface area contributed by atoms with Crippen molar-refractivity contribution < 1.29 is 15.5 Å². The Labute approximate surface area is 79.0 Å². The molecule has 1 heterocycles. The summed E-state index contributed by atoms with van der Waals surface area (Å²) in [7, 11) is 2.14. The summed E-state index contributed by atoms with van der Waals surface area (Å²) in [5.41, 5.74) is 0.649. The molecule has 1 aliphatic rings. The molecule has 1 aromatic carbocycles. The fourth-order valence-corrected chi connectivity index (χ4v) is 1.37. The summed E-state index contributed by atoms with van der Waals surface area (Å²) in [6, 6.07) is 5.32. The molecule has 1 N–H and O–H groups in total. The Morgan fingerprint density at radius 2 is 2.46 bits per heavy atom. The molecular formula is C8H10NO3P. The van der Waals surface area contributed by atoms with Gasteiger partial charge in [-0.1, -0.05) is 6.07 Å². The average molecular weight is 201 g/mol. The number of nitrogens with one attached hydrogen (secondary N) is 1. The lowest BCUT2D eigenvalue weighted by molar-refractivity contribution is -0.118. The van der Waals surface area contributed by atoms with Gasteiger partial charge in [-0.05, 0) is 12.1 Å². The van der Waals surface area contributed by atoms with Crippen LogP contribution in [0.15, 0.2) is 18.2 Å². The molecule has 0 bridgehead atoms. The third-order valence-electron chi connectivity index (χ3n) is 1.73. The highest BCUT2D eigenvalue weighted by atomic mass is 31.0. The number of ether oxygens (including phenoxy) is 1. The third kappa shape index (κ3) is 1.45. The smallest absolute Gasteiger partial charge is 0.262 e. The van der Waals surface area contributed by atoms with Gasteiger partial charge in [0.1, 0.15) is 0 Å². The Bertz CT molecular complexity index is 358. The van der Waals surface area contributed by atoms with Gasteiger partial charge in [0, 0.05) is 1.43 Å². The molecule has 0 saturated carbocycles. The molecule has 1 amide bonds. The molecule has 0 fully saturated rings. The van der Waals surface area contributed by atoms with Crippen molar-refractivity contribution in [3.63, 3.8) is 0 Å². The summed E-state index contributed by atoms with van der Waals surface area (Å²) in [5, 5.41) is 2.68. The minimum atomic E-state index is -0.145. The van der Waals surface area contributed by atoms with Crippen LogP contribution in [0.3, 0.4) is 0 Å². The molecule has 1 aliphatic heterocycles. The molecule has 5 heteroatoms. The monoisotopic (exact) mass is 201 g/mol. The second kappa shape index (κ2) is 3.23. The molecule has 4 nitrogen and oxygen atoms in total. The highest BCUT2D eigenvalue weighted by Gasteiger charge is 2.18. The van der Waals surface area contributed by atoms with E-state index >= 15 is 0 Å². The molecule has 70 valence electrons. The van der Waals surface area contributed by atoms with Crippen LogP contribution in [-0.4, -0.2) is 12.5 Å². The summed E-state index contributed by atoms with van der Waals surface area (Å²) in [4.78, 5) is 10.9. The van der Waals surface area contributed by atoms with E-state index in [2.05, 4.69) is 14.8 Å². The zero-order valence-electron chi connectivity index (χ0n) is 6.74. The summed E-state index contributed by atoms with van der Waals surface area (Å²) >= 11 is 0. The van der Waals surface area contributed by atoms with Gasteiger partial charge in [-0.3, -0.25) is 4.79 Å². The van der Waals surface area contributed by atoms with Gasteiger partial charge < -0.3 is 14.6 Å². The van der Waals surface area contributed by atoms with E-state index in [1.54, 1.807) is 18.2 Å². The molecule has 0 aliphatic carbocycles. The van der Waals surface area contributed by atoms with Gasteiger partial charge in [-0.25, -0.2) is 0 Å². The lowest BCUT2D eigenvalue weighted by atomic mass is 10.2. The minimum Gasteiger partial charge on any atom is -0.478 e. The molecule has 0 saturated heterocycles. The minimum absolute atomic E-state index is 0. The predicted molar refractivity (Wildman–Crippen MR) is 53.0 cm³/mol. The van der Waals surface area contributed by atoms with E-state index in [9.17, 15) is 4.79 Å². The fourth-order valence-electron chi connectivity index (χ4n) is 1.18. The Kier molecular flexibility index (Phi) is 2.07. The van der Waals surface area contributed by atoms with Crippen molar-refractivity contribution in [2.75, 3.05) is 11.9 Å². The third-order valence-corrected chi connectivity index (χ3v) is 1.98. The van der Waals surface area contributed by atoms with Gasteiger partial charge in [-0.15, -0.1) is 0 Å². The zero-order chi connectivity index (χ0) is 9.26. The highest BCUT2D eigenvalue weighted by molar-refractivity contribution is 7.10. The van der Waals surface area contributed by atoms with Crippen molar-refractivity contribution in [1.82, 2.24) is 0 Å². The largest absolute Gasteiger partial charge is 0.478 e. The molecule has 13 heavy (non-hydrogen) atoms. The van der Waals surface area contributed by atoms with Gasteiger partial charge >= 0.3 is 0 Å². The van der Waals surface area contributed by atoms with Gasteiger partial charge in [0.2, 0.25) is 0 Å². The lowest BCUT2D eigenvalue weighted by Gasteiger charge is -2.19. The SMILES string of the molecule is O=C1COc2c(cccc2OP)N1.[3HH]. The summed E-state index contributed by atoms with van der Waals surface area (Å²) in [6.07, 6.45) is 0. The number of hydrogen-bond donors (Lipinski definition) is 1. The number of rotatable bonds is 1. The van der Waals surface area contributed by atoms with E-state index < -0.39 is 0 Å². The Morgan fingerprint density at radius 3 is 3.23 bits per heavy atom. The molecule has 1 aromatic rings. The zero-order valence-corrected chi connectivity index (χ0v) is 7.90. The van der Waals surface area contributed by atoms with Crippen molar-refractivity contribution in [2.24, 2.45) is 0 Å². The summed E-state index contributed by atoms with van der Waals surface area (Å²) in [6.45, 7) is 0.0397. The van der Waals surface area contributed by atoms with E-state index in [1.165, 1.54) is 0 Å². The first-order valence-electron chi connectivity index (χ1n) is 3.73. The van der Waals surface area contributed by atoms with Crippen LogP contribution in [0.25, 0.3) is 0 Å². The van der Waals surface area contributed by atoms with Crippen molar-refractivity contribution in [1.29, 1.82) is 0 Å². The second-order valence-electron chi connectivity index (χ2n) is 2.59. The lowest BCUT2D eigenvalue weighted by Crippen LogP contribution is -2.25. The van der Waals surface area contributed by atoms with Crippen LogP contribution < -0.4 is 14.6 Å². The van der Waals surface area contributed by atoms with E-state index in [1.807, 2.05) is 0 Å². The maximum atomic E-state index is 10.9. The molecular weight excluding hydrogens is 189 g/mol. The van der Waals surface area contributed by atoms with Crippen molar-refractivity contribution in [2.45, 2.75) is 0 Å². The maximum Gasteiger partial charge on any atom is 0.262 e. The predicted octanol–water partition coefficient (Wildman–Crippen LogP) is 1.43. The van der Waals surface area contributed by atoms with E-state index in [4.69, 9.17) is 9.26 Å². The standard InChI is InChI=1S/C8H8NO3P.H2/c10-7-4-11-8-5(9-7)2-1-3-6(8)12-13;/h1-3H,4,13H2,(H,9,10);1H/i;1+2. The average Bonchev–Trinajstić information content (AvgIpc) is 2.16. The molecule has 1 unspecified atom stereocenters. The fraction of sp³-hybridized carbons (Fsp3) is 0.125. The summed E-state index contributed by atoms with van der Waals surface area (Å²) in [5.74, 6) is 1.04. The van der Waals surface area contributed by atoms with Crippen LogP contribution >= 0.6 is 9.47 Å². The van der Waals surface area contributed by atoms with E-state index in [0.717, 1.165) is 0 Å². The van der Waals surface area contributed by atoms with Crippen LogP contribution in [-0.2, 0) is 4.79 Å². The Balaban J connectivity index is 0.000000980. The van der Waals surface area contributed by atoms with Gasteiger partial charge in [0.05, 0.1) is 15.2 Å². The normalized spacial score (nSPS) is 14.1.